The molecule has 0 spiro atoms. The monoisotopic (exact) mass is 272 g/mol. The molecule has 72 valence electrons. The van der Waals surface area contributed by atoms with E-state index in [2.05, 4.69) is 15.9 Å². The molecule has 1 aromatic rings. The zero-order valence-corrected chi connectivity index (χ0v) is 8.54. The van der Waals surface area contributed by atoms with Crippen molar-refractivity contribution in [2.75, 3.05) is 0 Å². The third-order valence-electron chi connectivity index (χ3n) is 1.22. The Labute approximate surface area is 83.5 Å². The highest BCUT2D eigenvalue weighted by atomic mass is 79.9. The summed E-state index contributed by atoms with van der Waals surface area (Å²) in [5, 5.41) is 0. The van der Waals surface area contributed by atoms with Crippen molar-refractivity contribution < 1.29 is 17.4 Å². The molecular weight excluding hydrogens is 269 g/mol. The largest absolute Gasteiger partial charge is 0.475 e. The van der Waals surface area contributed by atoms with Crippen molar-refractivity contribution in [2.45, 2.75) is 10.4 Å². The number of hydrogen-bond acceptors (Lipinski definition) is 1. The molecule has 0 saturated heterocycles. The van der Waals surface area contributed by atoms with E-state index < -0.39 is 16.3 Å². The van der Waals surface area contributed by atoms with Gasteiger partial charge in [-0.25, -0.2) is 4.21 Å². The van der Waals surface area contributed by atoms with Gasteiger partial charge in [-0.15, -0.1) is 0 Å². The van der Waals surface area contributed by atoms with E-state index in [9.17, 15) is 17.4 Å². The Morgan fingerprint density at radius 3 is 2.38 bits per heavy atom. The first-order valence-electron chi connectivity index (χ1n) is 3.15. The molecule has 0 aliphatic heterocycles. The fourth-order valence-corrected chi connectivity index (χ4v) is 1.97. The summed E-state index contributed by atoms with van der Waals surface area (Å²) in [5.74, 6) is 0. The van der Waals surface area contributed by atoms with Crippen molar-refractivity contribution in [3.8, 4) is 0 Å². The van der Waals surface area contributed by atoms with Crippen LogP contribution in [-0.4, -0.2) is 9.72 Å². The minimum absolute atomic E-state index is 0.248. The molecule has 0 N–H and O–H groups in total. The highest BCUT2D eigenvalue weighted by Crippen LogP contribution is 2.27. The van der Waals surface area contributed by atoms with Crippen molar-refractivity contribution in [1.29, 1.82) is 0 Å². The van der Waals surface area contributed by atoms with Crippen LogP contribution in [0.4, 0.5) is 13.2 Å². The lowest BCUT2D eigenvalue weighted by atomic mass is 10.4. The first-order chi connectivity index (χ1) is 5.91. The van der Waals surface area contributed by atoms with Crippen molar-refractivity contribution in [2.24, 2.45) is 0 Å². The molecule has 1 aromatic carbocycles. The predicted molar refractivity (Wildman–Crippen MR) is 46.6 cm³/mol. The van der Waals surface area contributed by atoms with Gasteiger partial charge in [0.15, 0.2) is 10.8 Å². The lowest BCUT2D eigenvalue weighted by Gasteiger charge is -2.05. The number of rotatable bonds is 1. The van der Waals surface area contributed by atoms with E-state index in [1.165, 1.54) is 18.2 Å². The van der Waals surface area contributed by atoms with Crippen LogP contribution in [-0.2, 0) is 10.8 Å². The van der Waals surface area contributed by atoms with Crippen molar-refractivity contribution in [3.63, 3.8) is 0 Å². The lowest BCUT2D eigenvalue weighted by molar-refractivity contribution is -0.0384. The van der Waals surface area contributed by atoms with E-state index in [1.54, 1.807) is 6.07 Å². The topological polar surface area (TPSA) is 17.1 Å². The number of hydrogen-bond donors (Lipinski definition) is 0. The summed E-state index contributed by atoms with van der Waals surface area (Å²) in [6, 6.07) is 5.33. The molecule has 0 amide bonds. The zero-order chi connectivity index (χ0) is 10.1. The summed E-state index contributed by atoms with van der Waals surface area (Å²) < 4.78 is 47.1. The molecule has 0 saturated carbocycles. The fraction of sp³-hybridized carbons (Fsp3) is 0.143. The normalized spacial score (nSPS) is 14.2. The number of halogens is 4. The average molecular weight is 273 g/mol. The maximum atomic E-state index is 12.0. The van der Waals surface area contributed by atoms with Gasteiger partial charge in [-0.1, -0.05) is 22.0 Å². The Kier molecular flexibility index (Phi) is 3.13. The molecule has 0 heterocycles. The molecule has 1 unspecified atom stereocenters. The Balaban J connectivity index is 3.03. The second kappa shape index (κ2) is 3.79. The first-order valence-corrected chi connectivity index (χ1v) is 5.10. The molecule has 0 aliphatic carbocycles. The van der Waals surface area contributed by atoms with Crippen LogP contribution in [0.2, 0.25) is 0 Å². The molecule has 1 nitrogen and oxygen atoms in total. The second-order valence-corrected chi connectivity index (χ2v) is 4.56. The van der Waals surface area contributed by atoms with Crippen LogP contribution in [0, 0.1) is 0 Å². The third-order valence-corrected chi connectivity index (χ3v) is 2.82. The van der Waals surface area contributed by atoms with Gasteiger partial charge < -0.3 is 0 Å². The van der Waals surface area contributed by atoms with E-state index in [0.717, 1.165) is 0 Å². The SMILES string of the molecule is O=S(c1cccc(Br)c1)C(F)(F)F. The van der Waals surface area contributed by atoms with Gasteiger partial charge >= 0.3 is 5.51 Å². The minimum atomic E-state index is -4.69. The van der Waals surface area contributed by atoms with E-state index in [0.29, 0.717) is 4.47 Å². The van der Waals surface area contributed by atoms with Crippen molar-refractivity contribution in [1.82, 2.24) is 0 Å². The molecule has 1 atom stereocenters. The van der Waals surface area contributed by atoms with Crippen molar-refractivity contribution >= 4 is 26.7 Å². The van der Waals surface area contributed by atoms with Gasteiger partial charge in [0.2, 0.25) is 0 Å². The van der Waals surface area contributed by atoms with Crippen LogP contribution < -0.4 is 0 Å². The molecule has 0 bridgehead atoms. The van der Waals surface area contributed by atoms with Crippen LogP contribution in [0.25, 0.3) is 0 Å². The predicted octanol–water partition coefficient (Wildman–Crippen LogP) is 3.08. The summed E-state index contributed by atoms with van der Waals surface area (Å²) in [5.41, 5.74) is -4.69. The fourth-order valence-electron chi connectivity index (χ4n) is 0.716. The van der Waals surface area contributed by atoms with Gasteiger partial charge in [0.1, 0.15) is 0 Å². The Hall–Kier alpha value is -0.360. The van der Waals surface area contributed by atoms with Crippen LogP contribution in [0.15, 0.2) is 33.6 Å². The van der Waals surface area contributed by atoms with Gasteiger partial charge in [-0.2, -0.15) is 13.2 Å². The van der Waals surface area contributed by atoms with Gasteiger partial charge in [0, 0.05) is 9.37 Å². The Morgan fingerprint density at radius 1 is 1.31 bits per heavy atom. The maximum Gasteiger partial charge on any atom is 0.475 e. The van der Waals surface area contributed by atoms with E-state index >= 15 is 0 Å². The molecule has 0 aromatic heterocycles. The first kappa shape index (κ1) is 10.7. The van der Waals surface area contributed by atoms with Gasteiger partial charge in [0.25, 0.3) is 0 Å². The summed E-state index contributed by atoms with van der Waals surface area (Å²) in [7, 11) is -2.94. The maximum absolute atomic E-state index is 12.0. The highest BCUT2D eigenvalue weighted by Gasteiger charge is 2.37. The molecular formula is C7H4BrF3OS. The van der Waals surface area contributed by atoms with Crippen LogP contribution in [0.1, 0.15) is 0 Å². The van der Waals surface area contributed by atoms with Gasteiger partial charge in [0.05, 0.1) is 0 Å². The Morgan fingerprint density at radius 2 is 1.92 bits per heavy atom. The van der Waals surface area contributed by atoms with Crippen LogP contribution in [0.3, 0.4) is 0 Å². The zero-order valence-electron chi connectivity index (χ0n) is 6.14. The molecule has 0 aliphatic rings. The van der Waals surface area contributed by atoms with Gasteiger partial charge in [-0.05, 0) is 18.2 Å². The number of alkyl halides is 3. The summed E-state index contributed by atoms with van der Waals surface area (Å²) in [6.45, 7) is 0. The molecule has 0 radical (unpaired) electrons. The number of benzene rings is 1. The van der Waals surface area contributed by atoms with Crippen LogP contribution >= 0.6 is 15.9 Å². The molecule has 6 heteroatoms. The molecule has 13 heavy (non-hydrogen) atoms. The highest BCUT2D eigenvalue weighted by molar-refractivity contribution is 9.10. The third kappa shape index (κ3) is 2.80. The summed E-state index contributed by atoms with van der Waals surface area (Å²) >= 11 is 3.00. The van der Waals surface area contributed by atoms with E-state index in [1.807, 2.05) is 0 Å². The standard InChI is InChI=1S/C7H4BrF3OS/c8-5-2-1-3-6(4-5)13(12)7(9,10)11/h1-4H. The summed E-state index contributed by atoms with van der Waals surface area (Å²) in [6.07, 6.45) is 0. The molecule has 0 fully saturated rings. The average Bonchev–Trinajstić information content (AvgIpc) is 2.01. The smallest absolute Gasteiger partial charge is 0.245 e. The second-order valence-electron chi connectivity index (χ2n) is 2.17. The quantitative estimate of drug-likeness (QED) is 0.768. The summed E-state index contributed by atoms with van der Waals surface area (Å²) in [4.78, 5) is -0.248. The van der Waals surface area contributed by atoms with Crippen LogP contribution in [0.5, 0.6) is 0 Å². The minimum Gasteiger partial charge on any atom is -0.245 e. The van der Waals surface area contributed by atoms with E-state index in [4.69, 9.17) is 0 Å². The lowest BCUT2D eigenvalue weighted by Crippen LogP contribution is -2.16. The van der Waals surface area contributed by atoms with E-state index in [-0.39, 0.29) is 4.90 Å². The van der Waals surface area contributed by atoms with Crippen molar-refractivity contribution in [3.05, 3.63) is 28.7 Å². The Bertz CT molecular complexity index is 337. The molecule has 1 rings (SSSR count). The van der Waals surface area contributed by atoms with Gasteiger partial charge in [-0.3, -0.25) is 0 Å².